The Labute approximate surface area is 243 Å². The molecule has 41 heavy (non-hydrogen) atoms. The highest BCUT2D eigenvalue weighted by Gasteiger charge is 2.33. The van der Waals surface area contributed by atoms with Gasteiger partial charge in [-0.05, 0) is 49.6 Å². The number of methoxy groups -OCH3 is 2. The maximum Gasteiger partial charge on any atom is 0.264 e. The van der Waals surface area contributed by atoms with Crippen molar-refractivity contribution in [3.05, 3.63) is 83.9 Å². The number of benzene rings is 3. The van der Waals surface area contributed by atoms with Crippen LogP contribution < -0.4 is 19.1 Å². The average molecular weight is 582 g/mol. The van der Waals surface area contributed by atoms with E-state index in [-0.39, 0.29) is 29.0 Å². The van der Waals surface area contributed by atoms with Crippen LogP contribution in [0.4, 0.5) is 5.69 Å². The summed E-state index contributed by atoms with van der Waals surface area (Å²) in [6.07, 6.45) is 0. The van der Waals surface area contributed by atoms with Crippen LogP contribution in [0.5, 0.6) is 11.5 Å². The molecule has 0 aliphatic rings. The predicted molar refractivity (Wildman–Crippen MR) is 160 cm³/mol. The first-order valence-electron chi connectivity index (χ1n) is 13.4. The van der Waals surface area contributed by atoms with E-state index in [0.717, 1.165) is 15.4 Å². The summed E-state index contributed by atoms with van der Waals surface area (Å²) in [5.41, 5.74) is 2.09. The van der Waals surface area contributed by atoms with Gasteiger partial charge in [0, 0.05) is 19.2 Å². The van der Waals surface area contributed by atoms with Gasteiger partial charge < -0.3 is 19.7 Å². The third-order valence-corrected chi connectivity index (χ3v) is 8.38. The summed E-state index contributed by atoms with van der Waals surface area (Å²) in [6.45, 7) is 7.61. The van der Waals surface area contributed by atoms with Crippen molar-refractivity contribution in [2.45, 2.75) is 45.2 Å². The van der Waals surface area contributed by atoms with Gasteiger partial charge in [0.1, 0.15) is 12.6 Å². The Morgan fingerprint density at radius 3 is 2.10 bits per heavy atom. The second kappa shape index (κ2) is 14.0. The van der Waals surface area contributed by atoms with Crippen molar-refractivity contribution in [1.82, 2.24) is 10.2 Å². The Hall–Kier alpha value is -4.05. The molecule has 0 saturated heterocycles. The number of hydrogen-bond acceptors (Lipinski definition) is 6. The third-order valence-electron chi connectivity index (χ3n) is 6.59. The molecule has 220 valence electrons. The van der Waals surface area contributed by atoms with Gasteiger partial charge in [0.25, 0.3) is 10.0 Å². The number of anilines is 1. The summed E-state index contributed by atoms with van der Waals surface area (Å²) in [5, 5.41) is 2.89. The molecule has 10 heteroatoms. The SMILES string of the molecule is COc1ccc(N(CC(=O)N(Cc2ccc(C)cc2)[C@@H](C)C(=O)NCC(C)C)S(=O)(=O)c2ccccc2)cc1OC. The minimum atomic E-state index is -4.18. The van der Waals surface area contributed by atoms with Crippen LogP contribution in [-0.4, -0.2) is 58.5 Å². The lowest BCUT2D eigenvalue weighted by Gasteiger charge is -2.32. The maximum atomic E-state index is 14.0. The predicted octanol–water partition coefficient (Wildman–Crippen LogP) is 4.40. The Morgan fingerprint density at radius 2 is 1.51 bits per heavy atom. The summed E-state index contributed by atoms with van der Waals surface area (Å²) >= 11 is 0. The number of sulfonamides is 1. The smallest absolute Gasteiger partial charge is 0.264 e. The molecule has 3 aromatic carbocycles. The molecule has 0 heterocycles. The summed E-state index contributed by atoms with van der Waals surface area (Å²) in [4.78, 5) is 28.6. The molecule has 9 nitrogen and oxygen atoms in total. The molecule has 0 bridgehead atoms. The summed E-state index contributed by atoms with van der Waals surface area (Å²) in [5.74, 6) is 0.0958. The minimum Gasteiger partial charge on any atom is -0.493 e. The van der Waals surface area contributed by atoms with Crippen molar-refractivity contribution in [2.75, 3.05) is 31.6 Å². The maximum absolute atomic E-state index is 14.0. The van der Waals surface area contributed by atoms with E-state index in [2.05, 4.69) is 5.32 Å². The van der Waals surface area contributed by atoms with E-state index in [0.29, 0.717) is 18.0 Å². The van der Waals surface area contributed by atoms with Crippen LogP contribution in [0, 0.1) is 12.8 Å². The molecule has 0 unspecified atom stereocenters. The number of hydrogen-bond donors (Lipinski definition) is 1. The number of nitrogens with one attached hydrogen (secondary N) is 1. The van der Waals surface area contributed by atoms with Gasteiger partial charge in [-0.25, -0.2) is 8.42 Å². The van der Waals surface area contributed by atoms with E-state index in [1.54, 1.807) is 37.3 Å². The normalized spacial score (nSPS) is 12.0. The lowest BCUT2D eigenvalue weighted by molar-refractivity contribution is -0.139. The van der Waals surface area contributed by atoms with Crippen molar-refractivity contribution >= 4 is 27.5 Å². The van der Waals surface area contributed by atoms with Crippen LogP contribution >= 0.6 is 0 Å². The monoisotopic (exact) mass is 581 g/mol. The van der Waals surface area contributed by atoms with Crippen molar-refractivity contribution in [3.63, 3.8) is 0 Å². The zero-order valence-corrected chi connectivity index (χ0v) is 25.3. The van der Waals surface area contributed by atoms with Crippen molar-refractivity contribution in [3.8, 4) is 11.5 Å². The Morgan fingerprint density at radius 1 is 0.878 bits per heavy atom. The van der Waals surface area contributed by atoms with Crippen LogP contribution in [0.15, 0.2) is 77.7 Å². The van der Waals surface area contributed by atoms with Crippen molar-refractivity contribution in [2.24, 2.45) is 5.92 Å². The van der Waals surface area contributed by atoms with Gasteiger partial charge in [-0.15, -0.1) is 0 Å². The van der Waals surface area contributed by atoms with E-state index < -0.39 is 28.5 Å². The van der Waals surface area contributed by atoms with E-state index in [1.165, 1.54) is 37.3 Å². The molecule has 1 N–H and O–H groups in total. The van der Waals surface area contributed by atoms with Gasteiger partial charge in [-0.1, -0.05) is 61.9 Å². The van der Waals surface area contributed by atoms with E-state index >= 15 is 0 Å². The molecule has 0 radical (unpaired) electrons. The first kappa shape index (κ1) is 31.5. The molecule has 0 aliphatic heterocycles. The molecule has 2 amide bonds. The molecule has 0 spiro atoms. The zero-order chi connectivity index (χ0) is 30.2. The molecular weight excluding hydrogens is 542 g/mol. The second-order valence-electron chi connectivity index (χ2n) is 10.2. The van der Waals surface area contributed by atoms with Gasteiger partial charge in [0.2, 0.25) is 11.8 Å². The number of nitrogens with zero attached hydrogens (tertiary/aromatic N) is 2. The standard InChI is InChI=1S/C31H39N3O6S/c1-22(2)19-32-31(36)24(4)33(20-25-14-12-23(3)13-15-25)30(35)21-34(41(37,38)27-10-8-7-9-11-27)26-16-17-28(39-5)29(18-26)40-6/h7-18,22,24H,19-21H2,1-6H3,(H,32,36)/t24-/m0/s1. The number of carbonyl (C=O) groups is 2. The second-order valence-corrected chi connectivity index (χ2v) is 12.0. The summed E-state index contributed by atoms with van der Waals surface area (Å²) < 4.78 is 39.6. The van der Waals surface area contributed by atoms with E-state index in [4.69, 9.17) is 9.47 Å². The van der Waals surface area contributed by atoms with Crippen LogP contribution in [-0.2, 0) is 26.2 Å². The Bertz CT molecular complexity index is 1430. The molecule has 3 rings (SSSR count). The first-order chi connectivity index (χ1) is 19.5. The van der Waals surface area contributed by atoms with Crippen LogP contribution in [0.3, 0.4) is 0 Å². The Kier molecular flexibility index (Phi) is 10.8. The van der Waals surface area contributed by atoms with Crippen LogP contribution in [0.1, 0.15) is 31.9 Å². The van der Waals surface area contributed by atoms with Crippen LogP contribution in [0.25, 0.3) is 0 Å². The van der Waals surface area contributed by atoms with Gasteiger partial charge in [0.15, 0.2) is 11.5 Å². The van der Waals surface area contributed by atoms with E-state index in [9.17, 15) is 18.0 Å². The van der Waals surface area contributed by atoms with Gasteiger partial charge in [-0.2, -0.15) is 0 Å². The summed E-state index contributed by atoms with van der Waals surface area (Å²) in [6, 6.07) is 19.3. The first-order valence-corrected chi connectivity index (χ1v) is 14.8. The number of rotatable bonds is 13. The topological polar surface area (TPSA) is 105 Å². The third kappa shape index (κ3) is 8.00. The molecule has 0 aliphatic carbocycles. The molecule has 0 aromatic heterocycles. The van der Waals surface area contributed by atoms with E-state index in [1.807, 2.05) is 45.0 Å². The molecule has 3 aromatic rings. The molecule has 1 atom stereocenters. The Balaban J connectivity index is 2.05. The zero-order valence-electron chi connectivity index (χ0n) is 24.5. The fourth-order valence-electron chi connectivity index (χ4n) is 4.15. The minimum absolute atomic E-state index is 0.0235. The fraction of sp³-hybridized carbons (Fsp3) is 0.355. The van der Waals surface area contributed by atoms with Crippen molar-refractivity contribution in [1.29, 1.82) is 0 Å². The number of ether oxygens (including phenoxy) is 2. The highest BCUT2D eigenvalue weighted by atomic mass is 32.2. The molecular formula is C31H39N3O6S. The largest absolute Gasteiger partial charge is 0.493 e. The number of amides is 2. The van der Waals surface area contributed by atoms with Crippen LogP contribution in [0.2, 0.25) is 0 Å². The summed E-state index contributed by atoms with van der Waals surface area (Å²) in [7, 11) is -1.26. The average Bonchev–Trinajstić information content (AvgIpc) is 2.97. The fourth-order valence-corrected chi connectivity index (χ4v) is 5.58. The van der Waals surface area contributed by atoms with Gasteiger partial charge in [0.05, 0.1) is 24.8 Å². The number of carbonyl (C=O) groups excluding carboxylic acids is 2. The van der Waals surface area contributed by atoms with Crippen molar-refractivity contribution < 1.29 is 27.5 Å². The number of aryl methyl sites for hydroxylation is 1. The lowest BCUT2D eigenvalue weighted by atomic mass is 10.1. The highest BCUT2D eigenvalue weighted by Crippen LogP contribution is 2.34. The quantitative estimate of drug-likeness (QED) is 0.321. The lowest BCUT2D eigenvalue weighted by Crippen LogP contribution is -2.51. The molecule has 0 fully saturated rings. The highest BCUT2D eigenvalue weighted by molar-refractivity contribution is 7.92. The van der Waals surface area contributed by atoms with Gasteiger partial charge in [-0.3, -0.25) is 13.9 Å². The molecule has 0 saturated carbocycles. The van der Waals surface area contributed by atoms with Gasteiger partial charge >= 0.3 is 0 Å².